The van der Waals surface area contributed by atoms with Crippen molar-refractivity contribution in [2.24, 2.45) is 0 Å². The average molecular weight is 277 g/mol. The quantitative estimate of drug-likeness (QED) is 0.747. The molecule has 2 N–H and O–H groups in total. The number of carbonyl (C=O) groups is 2. The van der Waals surface area contributed by atoms with Gasteiger partial charge in [0.25, 0.3) is 0 Å². The molecule has 0 aliphatic carbocycles. The summed E-state index contributed by atoms with van der Waals surface area (Å²) in [5, 5.41) is 11.4. The Kier molecular flexibility index (Phi) is 6.46. The third kappa shape index (κ3) is 5.67. The summed E-state index contributed by atoms with van der Waals surface area (Å²) in [5.74, 6) is -1.04. The van der Waals surface area contributed by atoms with Crippen molar-refractivity contribution in [3.05, 3.63) is 41.5 Å². The van der Waals surface area contributed by atoms with Gasteiger partial charge in [0.05, 0.1) is 12.6 Å². The SMILES string of the molecule is COCCC(=O)NC(C)c1ccc(C=CC(=O)O)cc1. The van der Waals surface area contributed by atoms with E-state index < -0.39 is 5.97 Å². The van der Waals surface area contributed by atoms with Crippen molar-refractivity contribution < 1.29 is 19.4 Å². The maximum Gasteiger partial charge on any atom is 0.328 e. The Bertz CT molecular complexity index is 479. The van der Waals surface area contributed by atoms with Gasteiger partial charge in [0, 0.05) is 19.6 Å². The zero-order valence-electron chi connectivity index (χ0n) is 11.6. The molecule has 0 fully saturated rings. The molecule has 20 heavy (non-hydrogen) atoms. The predicted molar refractivity (Wildman–Crippen MR) is 76.2 cm³/mol. The smallest absolute Gasteiger partial charge is 0.328 e. The molecule has 5 heteroatoms. The van der Waals surface area contributed by atoms with Gasteiger partial charge in [-0.3, -0.25) is 4.79 Å². The molecular formula is C15H19NO4. The van der Waals surface area contributed by atoms with Gasteiger partial charge in [-0.05, 0) is 24.1 Å². The molecule has 5 nitrogen and oxygen atoms in total. The van der Waals surface area contributed by atoms with Crippen molar-refractivity contribution in [2.45, 2.75) is 19.4 Å². The molecule has 1 atom stereocenters. The second-order valence-electron chi connectivity index (χ2n) is 4.37. The van der Waals surface area contributed by atoms with Gasteiger partial charge in [-0.1, -0.05) is 24.3 Å². The van der Waals surface area contributed by atoms with E-state index in [0.717, 1.165) is 17.2 Å². The number of nitrogens with one attached hydrogen (secondary N) is 1. The number of benzene rings is 1. The number of carboxylic acids is 1. The largest absolute Gasteiger partial charge is 0.478 e. The van der Waals surface area contributed by atoms with Crippen LogP contribution in [-0.4, -0.2) is 30.7 Å². The summed E-state index contributed by atoms with van der Waals surface area (Å²) in [6.07, 6.45) is 2.94. The number of hydrogen-bond donors (Lipinski definition) is 2. The summed E-state index contributed by atoms with van der Waals surface area (Å²) in [6.45, 7) is 2.30. The van der Waals surface area contributed by atoms with E-state index in [1.54, 1.807) is 7.11 Å². The summed E-state index contributed by atoms with van der Waals surface area (Å²) in [4.78, 5) is 22.0. The van der Waals surface area contributed by atoms with Gasteiger partial charge in [-0.15, -0.1) is 0 Å². The summed E-state index contributed by atoms with van der Waals surface area (Å²) >= 11 is 0. The Morgan fingerprint density at radius 1 is 1.35 bits per heavy atom. The molecule has 108 valence electrons. The van der Waals surface area contributed by atoms with Gasteiger partial charge in [0.1, 0.15) is 0 Å². The highest BCUT2D eigenvalue weighted by atomic mass is 16.5. The molecule has 1 aromatic carbocycles. The second-order valence-corrected chi connectivity index (χ2v) is 4.37. The van der Waals surface area contributed by atoms with Crippen LogP contribution in [0, 0.1) is 0 Å². The highest BCUT2D eigenvalue weighted by molar-refractivity contribution is 5.85. The number of carboxylic acid groups (broad SMARTS) is 1. The zero-order chi connectivity index (χ0) is 15.0. The summed E-state index contributed by atoms with van der Waals surface area (Å²) in [5.41, 5.74) is 1.76. The number of rotatable bonds is 7. The van der Waals surface area contributed by atoms with Crippen molar-refractivity contribution in [3.8, 4) is 0 Å². The van der Waals surface area contributed by atoms with Gasteiger partial charge in [0.15, 0.2) is 0 Å². The zero-order valence-corrected chi connectivity index (χ0v) is 11.6. The van der Waals surface area contributed by atoms with Crippen molar-refractivity contribution in [2.75, 3.05) is 13.7 Å². The van der Waals surface area contributed by atoms with E-state index in [9.17, 15) is 9.59 Å². The lowest BCUT2D eigenvalue weighted by Gasteiger charge is -2.14. The van der Waals surface area contributed by atoms with Gasteiger partial charge in [-0.25, -0.2) is 4.79 Å². The number of aliphatic carboxylic acids is 1. The Balaban J connectivity index is 2.59. The van der Waals surface area contributed by atoms with E-state index in [1.807, 2.05) is 31.2 Å². The van der Waals surface area contributed by atoms with Crippen LogP contribution in [0.4, 0.5) is 0 Å². The Morgan fingerprint density at radius 3 is 2.55 bits per heavy atom. The molecule has 1 unspecified atom stereocenters. The van der Waals surface area contributed by atoms with Crippen molar-refractivity contribution in [3.63, 3.8) is 0 Å². The molecule has 0 heterocycles. The van der Waals surface area contributed by atoms with Crippen LogP contribution in [0.2, 0.25) is 0 Å². The fourth-order valence-electron chi connectivity index (χ4n) is 1.66. The summed E-state index contributed by atoms with van der Waals surface area (Å²) in [6, 6.07) is 7.25. The Morgan fingerprint density at radius 2 is 2.00 bits per heavy atom. The Hall–Kier alpha value is -2.14. The maximum atomic E-state index is 11.6. The van der Waals surface area contributed by atoms with Gasteiger partial charge < -0.3 is 15.2 Å². The molecule has 0 aromatic heterocycles. The van der Waals surface area contributed by atoms with Crippen molar-refractivity contribution in [1.82, 2.24) is 5.32 Å². The fourth-order valence-corrected chi connectivity index (χ4v) is 1.66. The van der Waals surface area contributed by atoms with E-state index in [1.165, 1.54) is 6.08 Å². The first-order valence-electron chi connectivity index (χ1n) is 6.32. The first kappa shape index (κ1) is 15.9. The second kappa shape index (κ2) is 8.12. The molecule has 0 saturated heterocycles. The fraction of sp³-hybridized carbons (Fsp3) is 0.333. The summed E-state index contributed by atoms with van der Waals surface area (Å²) in [7, 11) is 1.56. The molecule has 0 radical (unpaired) electrons. The first-order chi connectivity index (χ1) is 9.52. The van der Waals surface area contributed by atoms with E-state index in [2.05, 4.69) is 5.32 Å². The molecule has 0 saturated carbocycles. The molecule has 1 rings (SSSR count). The third-order valence-electron chi connectivity index (χ3n) is 2.77. The van der Waals surface area contributed by atoms with Crippen LogP contribution in [0.5, 0.6) is 0 Å². The van der Waals surface area contributed by atoms with Crippen LogP contribution in [0.25, 0.3) is 6.08 Å². The van der Waals surface area contributed by atoms with Crippen LogP contribution >= 0.6 is 0 Å². The van der Waals surface area contributed by atoms with Crippen LogP contribution in [0.1, 0.15) is 30.5 Å². The normalized spacial score (nSPS) is 12.3. The van der Waals surface area contributed by atoms with Crippen LogP contribution in [0.15, 0.2) is 30.3 Å². The minimum absolute atomic E-state index is 0.0609. The monoisotopic (exact) mass is 277 g/mol. The number of carbonyl (C=O) groups excluding carboxylic acids is 1. The molecule has 0 spiro atoms. The van der Waals surface area contributed by atoms with E-state index >= 15 is 0 Å². The third-order valence-corrected chi connectivity index (χ3v) is 2.77. The molecule has 1 aromatic rings. The molecule has 0 aliphatic rings. The highest BCUT2D eigenvalue weighted by Gasteiger charge is 2.08. The van der Waals surface area contributed by atoms with Gasteiger partial charge >= 0.3 is 5.97 Å². The Labute approximate surface area is 118 Å². The minimum Gasteiger partial charge on any atom is -0.478 e. The topological polar surface area (TPSA) is 75.6 Å². The van der Waals surface area contributed by atoms with E-state index in [4.69, 9.17) is 9.84 Å². The number of amides is 1. The van der Waals surface area contributed by atoms with Gasteiger partial charge in [0.2, 0.25) is 5.91 Å². The lowest BCUT2D eigenvalue weighted by molar-refractivity contribution is -0.131. The molecule has 0 bridgehead atoms. The number of ether oxygens (including phenoxy) is 1. The predicted octanol–water partition coefficient (Wildman–Crippen LogP) is 2.00. The molecular weight excluding hydrogens is 258 g/mol. The number of methoxy groups -OCH3 is 1. The highest BCUT2D eigenvalue weighted by Crippen LogP contribution is 2.14. The maximum absolute atomic E-state index is 11.6. The number of hydrogen-bond acceptors (Lipinski definition) is 3. The van der Waals surface area contributed by atoms with Gasteiger partial charge in [-0.2, -0.15) is 0 Å². The lowest BCUT2D eigenvalue weighted by atomic mass is 10.1. The van der Waals surface area contributed by atoms with Crippen molar-refractivity contribution >= 4 is 18.0 Å². The van der Waals surface area contributed by atoms with Crippen LogP contribution in [-0.2, 0) is 14.3 Å². The molecule has 0 aliphatic heterocycles. The van der Waals surface area contributed by atoms with E-state index in [0.29, 0.717) is 13.0 Å². The van der Waals surface area contributed by atoms with Crippen molar-refractivity contribution in [1.29, 1.82) is 0 Å². The summed E-state index contributed by atoms with van der Waals surface area (Å²) < 4.78 is 4.85. The van der Waals surface area contributed by atoms with E-state index in [-0.39, 0.29) is 11.9 Å². The molecule has 1 amide bonds. The van der Waals surface area contributed by atoms with Crippen LogP contribution < -0.4 is 5.32 Å². The average Bonchev–Trinajstić information content (AvgIpc) is 2.43. The standard InChI is InChI=1S/C15H19NO4/c1-11(16-14(17)9-10-20-2)13-6-3-12(4-7-13)5-8-15(18)19/h3-8,11H,9-10H2,1-2H3,(H,16,17)(H,18,19). The van der Waals surface area contributed by atoms with Crippen LogP contribution in [0.3, 0.4) is 0 Å². The first-order valence-corrected chi connectivity index (χ1v) is 6.32. The minimum atomic E-state index is -0.979. The lowest BCUT2D eigenvalue weighted by Crippen LogP contribution is -2.27.